The van der Waals surface area contributed by atoms with Crippen LogP contribution in [0.15, 0.2) is 12.2 Å². The van der Waals surface area contributed by atoms with Crippen LogP contribution >= 0.6 is 0 Å². The number of halogens is 2. The first kappa shape index (κ1) is 13.6. The van der Waals surface area contributed by atoms with Crippen LogP contribution in [0.1, 0.15) is 12.8 Å². The zero-order valence-electron chi connectivity index (χ0n) is 9.47. The molecule has 1 rings (SSSR count). The number of hydrogen-bond acceptors (Lipinski definition) is 2. The Bertz CT molecular complexity index is 331. The number of nitrogens with zero attached hydrogens (tertiary/aromatic N) is 1. The third-order valence-corrected chi connectivity index (χ3v) is 2.85. The van der Waals surface area contributed by atoms with Gasteiger partial charge in [-0.3, -0.25) is 9.59 Å². The van der Waals surface area contributed by atoms with Crippen molar-refractivity contribution in [3.05, 3.63) is 12.2 Å². The molecule has 1 N–H and O–H groups in total. The maximum absolute atomic E-state index is 12.1. The van der Waals surface area contributed by atoms with Crippen LogP contribution in [-0.2, 0) is 9.59 Å². The Labute approximate surface area is 97.9 Å². The highest BCUT2D eigenvalue weighted by Gasteiger charge is 2.35. The van der Waals surface area contributed by atoms with Crippen LogP contribution in [0.2, 0.25) is 0 Å². The largest absolute Gasteiger partial charge is 0.481 e. The molecule has 17 heavy (non-hydrogen) atoms. The summed E-state index contributed by atoms with van der Waals surface area (Å²) in [5.74, 6) is -3.13. The van der Waals surface area contributed by atoms with E-state index in [2.05, 4.69) is 0 Å². The fraction of sp³-hybridized carbons (Fsp3) is 0.636. The lowest BCUT2D eigenvalue weighted by Crippen LogP contribution is -2.41. The normalized spacial score (nSPS) is 23.8. The van der Waals surface area contributed by atoms with Crippen LogP contribution in [0.25, 0.3) is 0 Å². The molecule has 4 nitrogen and oxygen atoms in total. The van der Waals surface area contributed by atoms with Gasteiger partial charge in [-0.25, -0.2) is 8.78 Å². The van der Waals surface area contributed by atoms with Crippen molar-refractivity contribution in [1.82, 2.24) is 4.90 Å². The summed E-state index contributed by atoms with van der Waals surface area (Å²) in [6, 6.07) is 0. The minimum Gasteiger partial charge on any atom is -0.481 e. The van der Waals surface area contributed by atoms with Gasteiger partial charge >= 0.3 is 5.97 Å². The fourth-order valence-corrected chi connectivity index (χ4v) is 1.94. The number of carboxylic acids is 1. The second-order valence-corrected chi connectivity index (χ2v) is 4.10. The topological polar surface area (TPSA) is 57.6 Å². The first-order chi connectivity index (χ1) is 7.93. The number of aliphatic carboxylic acids is 1. The lowest BCUT2D eigenvalue weighted by molar-refractivity contribution is -0.150. The van der Waals surface area contributed by atoms with Crippen LogP contribution < -0.4 is 0 Å². The summed E-state index contributed by atoms with van der Waals surface area (Å²) in [6.45, 7) is -0.661. The quantitative estimate of drug-likeness (QED) is 0.763. The molecule has 0 bridgehead atoms. The Kier molecular flexibility index (Phi) is 4.60. The number of hydrogen-bond donors (Lipinski definition) is 1. The van der Waals surface area contributed by atoms with Crippen molar-refractivity contribution >= 4 is 11.9 Å². The highest BCUT2D eigenvalue weighted by molar-refractivity contribution is 5.85. The van der Waals surface area contributed by atoms with Gasteiger partial charge in [0.2, 0.25) is 5.91 Å². The molecule has 6 heteroatoms. The summed E-state index contributed by atoms with van der Waals surface area (Å²) in [5, 5.41) is 8.97. The van der Waals surface area contributed by atoms with Gasteiger partial charge in [0.25, 0.3) is 6.43 Å². The zero-order valence-corrected chi connectivity index (χ0v) is 9.47. The molecule has 2 unspecified atom stereocenters. The molecule has 0 radical (unpaired) electrons. The Morgan fingerprint density at radius 3 is 2.35 bits per heavy atom. The Balaban J connectivity index is 2.72. The number of carbonyl (C=O) groups is 2. The van der Waals surface area contributed by atoms with Gasteiger partial charge in [-0.15, -0.1) is 0 Å². The van der Waals surface area contributed by atoms with Crippen LogP contribution in [0.4, 0.5) is 8.78 Å². The number of rotatable bonds is 4. The van der Waals surface area contributed by atoms with E-state index in [9.17, 15) is 18.4 Å². The fourth-order valence-electron chi connectivity index (χ4n) is 1.94. The molecule has 96 valence electrons. The van der Waals surface area contributed by atoms with Crippen molar-refractivity contribution < 1.29 is 23.5 Å². The molecule has 0 saturated heterocycles. The number of carbonyl (C=O) groups excluding carboxylic acids is 1. The lowest BCUT2D eigenvalue weighted by atomic mass is 9.82. The van der Waals surface area contributed by atoms with Gasteiger partial charge in [-0.05, 0) is 12.8 Å². The Hall–Kier alpha value is -1.46. The molecule has 0 aliphatic heterocycles. The zero-order chi connectivity index (χ0) is 13.0. The van der Waals surface area contributed by atoms with E-state index in [4.69, 9.17) is 5.11 Å². The van der Waals surface area contributed by atoms with Gasteiger partial charge in [0.15, 0.2) is 0 Å². The monoisotopic (exact) mass is 247 g/mol. The first-order valence-corrected chi connectivity index (χ1v) is 5.34. The maximum Gasteiger partial charge on any atom is 0.307 e. The second kappa shape index (κ2) is 5.75. The third-order valence-electron chi connectivity index (χ3n) is 2.85. The second-order valence-electron chi connectivity index (χ2n) is 4.10. The predicted molar refractivity (Wildman–Crippen MR) is 56.6 cm³/mol. The van der Waals surface area contributed by atoms with Crippen molar-refractivity contribution in [3.63, 3.8) is 0 Å². The van der Waals surface area contributed by atoms with Crippen molar-refractivity contribution in [2.24, 2.45) is 11.8 Å². The van der Waals surface area contributed by atoms with Crippen molar-refractivity contribution in [2.75, 3.05) is 13.6 Å². The van der Waals surface area contributed by atoms with E-state index in [-0.39, 0.29) is 6.42 Å². The molecule has 0 aromatic carbocycles. The summed E-state index contributed by atoms with van der Waals surface area (Å²) in [7, 11) is 1.27. The molecule has 0 heterocycles. The molecule has 1 amide bonds. The Morgan fingerprint density at radius 1 is 1.35 bits per heavy atom. The van der Waals surface area contributed by atoms with E-state index < -0.39 is 36.7 Å². The van der Waals surface area contributed by atoms with Crippen molar-refractivity contribution in [3.8, 4) is 0 Å². The van der Waals surface area contributed by atoms with E-state index in [0.717, 1.165) is 4.90 Å². The van der Waals surface area contributed by atoms with E-state index in [1.54, 1.807) is 12.2 Å². The average Bonchev–Trinajstić information content (AvgIpc) is 2.27. The third kappa shape index (κ3) is 3.51. The number of carboxylic acid groups (broad SMARTS) is 1. The van der Waals surface area contributed by atoms with E-state index in [0.29, 0.717) is 6.42 Å². The minimum absolute atomic E-state index is 0.272. The molecule has 1 aliphatic rings. The number of alkyl halides is 2. The predicted octanol–water partition coefficient (Wildman–Crippen LogP) is 1.38. The summed E-state index contributed by atoms with van der Waals surface area (Å²) in [6.07, 6.45) is 1.39. The van der Waals surface area contributed by atoms with Gasteiger partial charge in [-0.2, -0.15) is 0 Å². The van der Waals surface area contributed by atoms with E-state index >= 15 is 0 Å². The average molecular weight is 247 g/mol. The SMILES string of the molecule is CN(CC(F)F)C(=O)C1CC=CCC1C(=O)O. The molecule has 1 aliphatic carbocycles. The summed E-state index contributed by atoms with van der Waals surface area (Å²) in [4.78, 5) is 23.7. The van der Waals surface area contributed by atoms with Crippen molar-refractivity contribution in [2.45, 2.75) is 19.3 Å². The molecular weight excluding hydrogens is 232 g/mol. The highest BCUT2D eigenvalue weighted by Crippen LogP contribution is 2.27. The van der Waals surface area contributed by atoms with Gasteiger partial charge < -0.3 is 10.0 Å². The van der Waals surface area contributed by atoms with Crippen LogP contribution in [0.3, 0.4) is 0 Å². The standard InChI is InChI=1S/C11H15F2NO3/c1-14(6-9(12)13)10(15)7-4-2-3-5-8(7)11(16)17/h2-3,7-9H,4-6H2,1H3,(H,16,17). The molecule has 2 atom stereocenters. The molecular formula is C11H15F2NO3. The number of allylic oxidation sites excluding steroid dienone is 2. The van der Waals surface area contributed by atoms with Crippen LogP contribution in [-0.4, -0.2) is 41.9 Å². The van der Waals surface area contributed by atoms with Gasteiger partial charge in [-0.1, -0.05) is 12.2 Å². The van der Waals surface area contributed by atoms with Crippen LogP contribution in [0, 0.1) is 11.8 Å². The Morgan fingerprint density at radius 2 is 1.88 bits per heavy atom. The minimum atomic E-state index is -2.61. The van der Waals surface area contributed by atoms with E-state index in [1.807, 2.05) is 0 Å². The smallest absolute Gasteiger partial charge is 0.307 e. The molecule has 0 fully saturated rings. The summed E-state index contributed by atoms with van der Waals surface area (Å²) < 4.78 is 24.3. The van der Waals surface area contributed by atoms with Gasteiger partial charge in [0, 0.05) is 7.05 Å². The summed E-state index contributed by atoms with van der Waals surface area (Å²) in [5.41, 5.74) is 0. The first-order valence-electron chi connectivity index (χ1n) is 5.34. The highest BCUT2D eigenvalue weighted by atomic mass is 19.3. The van der Waals surface area contributed by atoms with Gasteiger partial charge in [0.1, 0.15) is 0 Å². The van der Waals surface area contributed by atoms with Gasteiger partial charge in [0.05, 0.1) is 18.4 Å². The summed E-state index contributed by atoms with van der Waals surface area (Å²) >= 11 is 0. The molecule has 0 saturated carbocycles. The number of amides is 1. The molecule has 0 aromatic heterocycles. The molecule has 0 aromatic rings. The van der Waals surface area contributed by atoms with E-state index in [1.165, 1.54) is 7.05 Å². The van der Waals surface area contributed by atoms with Crippen LogP contribution in [0.5, 0.6) is 0 Å². The lowest BCUT2D eigenvalue weighted by Gasteiger charge is -2.28. The van der Waals surface area contributed by atoms with Crippen molar-refractivity contribution in [1.29, 1.82) is 0 Å². The molecule has 0 spiro atoms. The maximum atomic E-state index is 12.1.